The van der Waals surface area contributed by atoms with Gasteiger partial charge in [0.2, 0.25) is 0 Å². The van der Waals surface area contributed by atoms with Gasteiger partial charge in [-0.05, 0) is 117 Å². The van der Waals surface area contributed by atoms with E-state index in [0.29, 0.717) is 5.82 Å². The van der Waals surface area contributed by atoms with E-state index in [9.17, 15) is 0 Å². The minimum absolute atomic E-state index is 0.259. The molecule has 11 aromatic rings. The molecule has 63 heavy (non-hydrogen) atoms. The van der Waals surface area contributed by atoms with E-state index in [2.05, 4.69) is 195 Å². The van der Waals surface area contributed by atoms with Gasteiger partial charge in [0.15, 0.2) is 5.82 Å². The van der Waals surface area contributed by atoms with Crippen molar-refractivity contribution in [3.63, 3.8) is 0 Å². The molecule has 0 amide bonds. The largest absolute Gasteiger partial charge is 0.456 e. The molecule has 0 bridgehead atoms. The lowest BCUT2D eigenvalue weighted by molar-refractivity contribution is 0.669. The van der Waals surface area contributed by atoms with Crippen LogP contribution in [-0.2, 0) is 5.41 Å². The first kappa shape index (κ1) is 36.7. The maximum Gasteiger partial charge on any atom is 0.160 e. The van der Waals surface area contributed by atoms with Crippen LogP contribution in [0.2, 0.25) is 0 Å². The van der Waals surface area contributed by atoms with Crippen molar-refractivity contribution in [2.24, 2.45) is 0 Å². The molecule has 2 heterocycles. The van der Waals surface area contributed by atoms with Crippen molar-refractivity contribution < 1.29 is 4.42 Å². The number of aromatic nitrogens is 2. The molecule has 3 nitrogen and oxygen atoms in total. The molecule has 3 heteroatoms. The Morgan fingerprint density at radius 3 is 1.67 bits per heavy atom. The average molecular weight is 805 g/mol. The maximum atomic E-state index is 6.28. The number of furan rings is 1. The van der Waals surface area contributed by atoms with Crippen molar-refractivity contribution in [2.45, 2.75) is 12.3 Å². The number of hydrogen-bond acceptors (Lipinski definition) is 3. The summed E-state index contributed by atoms with van der Waals surface area (Å²) >= 11 is 0. The monoisotopic (exact) mass is 804 g/mol. The molecule has 0 fully saturated rings. The van der Waals surface area contributed by atoms with Crippen LogP contribution < -0.4 is 0 Å². The van der Waals surface area contributed by atoms with Gasteiger partial charge in [-0.3, -0.25) is 0 Å². The van der Waals surface area contributed by atoms with Crippen molar-refractivity contribution >= 4 is 21.9 Å². The Labute approximate surface area is 366 Å². The Balaban J connectivity index is 1.07. The Hall–Kier alpha value is -8.14. The molecule has 2 aromatic heterocycles. The molecular formula is C60H40N2O. The standard InChI is InChI=1S/C60H40N2O/c1-60(46-21-9-4-10-22-46)53-27-15-13-25-49(53)51-37-42(29-31-54(51)60)47-23-11-12-24-48(47)44-33-43(41-30-32-58-52(36-41)50-26-14-16-28-57(50)63-58)34-45(35-44)56-38-55(39-17-5-2-6-18-39)61-59(62-56)40-19-7-3-8-20-40/h2-38H,1H3. The lowest BCUT2D eigenvalue weighted by Gasteiger charge is -2.28. The molecule has 0 saturated heterocycles. The highest BCUT2D eigenvalue weighted by Crippen LogP contribution is 2.53. The predicted octanol–water partition coefficient (Wildman–Crippen LogP) is 15.7. The Morgan fingerprint density at radius 1 is 0.333 bits per heavy atom. The summed E-state index contributed by atoms with van der Waals surface area (Å²) in [5.74, 6) is 0.687. The average Bonchev–Trinajstić information content (AvgIpc) is 3.87. The molecule has 1 aliphatic rings. The van der Waals surface area contributed by atoms with Crippen LogP contribution in [0.25, 0.3) is 100 Å². The zero-order valence-corrected chi connectivity index (χ0v) is 34.7. The van der Waals surface area contributed by atoms with E-state index in [1.165, 1.54) is 38.9 Å². The van der Waals surface area contributed by atoms with Crippen molar-refractivity contribution in [2.75, 3.05) is 0 Å². The second-order valence-corrected chi connectivity index (χ2v) is 16.6. The van der Waals surface area contributed by atoms with E-state index in [4.69, 9.17) is 14.4 Å². The predicted molar refractivity (Wildman–Crippen MR) is 259 cm³/mol. The summed E-state index contributed by atoms with van der Waals surface area (Å²) in [6.45, 7) is 2.37. The Morgan fingerprint density at radius 2 is 0.889 bits per heavy atom. The second kappa shape index (κ2) is 14.8. The molecule has 1 unspecified atom stereocenters. The van der Waals surface area contributed by atoms with E-state index in [1.807, 2.05) is 36.4 Å². The first-order valence-electron chi connectivity index (χ1n) is 21.6. The lowest BCUT2D eigenvalue weighted by Crippen LogP contribution is -2.22. The first-order chi connectivity index (χ1) is 31.1. The third-order valence-corrected chi connectivity index (χ3v) is 13.0. The van der Waals surface area contributed by atoms with Crippen LogP contribution in [0.4, 0.5) is 0 Å². The number of para-hydroxylation sites is 1. The van der Waals surface area contributed by atoms with E-state index in [-0.39, 0.29) is 5.41 Å². The molecule has 0 radical (unpaired) electrons. The van der Waals surface area contributed by atoms with Crippen molar-refractivity contribution in [1.82, 2.24) is 9.97 Å². The van der Waals surface area contributed by atoms with Crippen LogP contribution in [0.15, 0.2) is 229 Å². The van der Waals surface area contributed by atoms with Gasteiger partial charge in [-0.25, -0.2) is 9.97 Å². The van der Waals surface area contributed by atoms with Crippen LogP contribution in [0.1, 0.15) is 23.6 Å². The number of benzene rings is 9. The van der Waals surface area contributed by atoms with Gasteiger partial charge in [0.05, 0.1) is 11.4 Å². The van der Waals surface area contributed by atoms with Gasteiger partial charge in [0.25, 0.3) is 0 Å². The molecule has 0 N–H and O–H groups in total. The minimum Gasteiger partial charge on any atom is -0.456 e. The summed E-state index contributed by atoms with van der Waals surface area (Å²) in [5.41, 5.74) is 19.6. The van der Waals surface area contributed by atoms with Gasteiger partial charge in [0.1, 0.15) is 11.2 Å². The topological polar surface area (TPSA) is 38.9 Å². The quantitative estimate of drug-likeness (QED) is 0.161. The molecule has 1 aliphatic carbocycles. The summed E-state index contributed by atoms with van der Waals surface area (Å²) < 4.78 is 6.28. The van der Waals surface area contributed by atoms with E-state index in [1.54, 1.807) is 0 Å². The summed E-state index contributed by atoms with van der Waals surface area (Å²) in [6.07, 6.45) is 0. The number of fused-ring (bicyclic) bond motifs is 6. The smallest absolute Gasteiger partial charge is 0.160 e. The highest BCUT2D eigenvalue weighted by molar-refractivity contribution is 6.06. The van der Waals surface area contributed by atoms with Gasteiger partial charge in [-0.2, -0.15) is 0 Å². The summed E-state index contributed by atoms with van der Waals surface area (Å²) in [4.78, 5) is 10.4. The van der Waals surface area contributed by atoms with Crippen molar-refractivity contribution in [3.05, 3.63) is 241 Å². The Bertz CT molecular complexity index is 3460. The lowest BCUT2D eigenvalue weighted by atomic mass is 9.74. The summed E-state index contributed by atoms with van der Waals surface area (Å²) in [7, 11) is 0. The molecular weight excluding hydrogens is 765 g/mol. The van der Waals surface area contributed by atoms with E-state index >= 15 is 0 Å². The fraction of sp³-hybridized carbons (Fsp3) is 0.0333. The highest BCUT2D eigenvalue weighted by Gasteiger charge is 2.40. The second-order valence-electron chi connectivity index (χ2n) is 16.6. The summed E-state index contributed by atoms with van der Waals surface area (Å²) in [6, 6.07) is 80.2. The van der Waals surface area contributed by atoms with Gasteiger partial charge in [-0.1, -0.05) is 176 Å². The van der Waals surface area contributed by atoms with Gasteiger partial charge >= 0.3 is 0 Å². The van der Waals surface area contributed by atoms with Crippen LogP contribution in [0.5, 0.6) is 0 Å². The molecule has 9 aromatic carbocycles. The number of hydrogen-bond donors (Lipinski definition) is 0. The van der Waals surface area contributed by atoms with Crippen LogP contribution in [0.3, 0.4) is 0 Å². The molecule has 0 saturated carbocycles. The first-order valence-corrected chi connectivity index (χ1v) is 21.6. The third-order valence-electron chi connectivity index (χ3n) is 13.0. The van der Waals surface area contributed by atoms with Crippen LogP contribution >= 0.6 is 0 Å². The zero-order chi connectivity index (χ0) is 41.9. The van der Waals surface area contributed by atoms with Gasteiger partial charge < -0.3 is 4.42 Å². The number of nitrogens with zero attached hydrogens (tertiary/aromatic N) is 2. The summed E-state index contributed by atoms with van der Waals surface area (Å²) in [5, 5.41) is 2.20. The molecule has 12 rings (SSSR count). The van der Waals surface area contributed by atoms with Gasteiger partial charge in [0, 0.05) is 32.9 Å². The van der Waals surface area contributed by atoms with Crippen LogP contribution in [-0.4, -0.2) is 9.97 Å². The normalized spacial score (nSPS) is 14.2. The van der Waals surface area contributed by atoms with Crippen molar-refractivity contribution in [1.29, 1.82) is 0 Å². The molecule has 0 aliphatic heterocycles. The SMILES string of the molecule is CC1(c2ccccc2)c2ccccc2-c2cc(-c3ccccc3-c3cc(-c4ccc5oc6ccccc6c5c4)cc(-c4cc(-c5ccccc5)nc(-c5ccccc5)n4)c3)ccc21. The van der Waals surface area contributed by atoms with E-state index < -0.39 is 0 Å². The Kier molecular flexibility index (Phi) is 8.62. The minimum atomic E-state index is -0.259. The van der Waals surface area contributed by atoms with E-state index in [0.717, 1.165) is 72.3 Å². The fourth-order valence-electron chi connectivity index (χ4n) is 9.81. The highest BCUT2D eigenvalue weighted by atomic mass is 16.3. The van der Waals surface area contributed by atoms with Crippen LogP contribution in [0, 0.1) is 0 Å². The van der Waals surface area contributed by atoms with Crippen molar-refractivity contribution in [3.8, 4) is 78.4 Å². The third kappa shape index (κ3) is 6.20. The fourth-order valence-corrected chi connectivity index (χ4v) is 9.81. The molecule has 0 spiro atoms. The number of rotatable bonds is 7. The van der Waals surface area contributed by atoms with Gasteiger partial charge in [-0.15, -0.1) is 0 Å². The maximum absolute atomic E-state index is 6.28. The zero-order valence-electron chi connectivity index (χ0n) is 34.7. The molecule has 296 valence electrons. The molecule has 1 atom stereocenters.